The van der Waals surface area contributed by atoms with Gasteiger partial charge in [-0.3, -0.25) is 14.4 Å². The molecule has 2 atom stereocenters. The number of aliphatic carboxylic acids is 1. The topological polar surface area (TPSA) is 74.7 Å². The highest BCUT2D eigenvalue weighted by Crippen LogP contribution is 2.64. The maximum Gasteiger partial charge on any atom is 0.319 e. The summed E-state index contributed by atoms with van der Waals surface area (Å²) in [6, 6.07) is 19.7. The van der Waals surface area contributed by atoms with Crippen molar-refractivity contribution in [2.75, 3.05) is 4.90 Å². The average Bonchev–Trinajstić information content (AvgIpc) is 3.06. The van der Waals surface area contributed by atoms with E-state index in [9.17, 15) is 19.5 Å². The fraction of sp³-hybridized carbons (Fsp3) is 0.192. The number of carboxylic acid groups (broad SMARTS) is 1. The molecule has 7 rings (SSSR count). The predicted molar refractivity (Wildman–Crippen MR) is 119 cm³/mol. The minimum atomic E-state index is -1.62. The molecule has 3 aromatic rings. The third-order valence-corrected chi connectivity index (χ3v) is 7.78. The largest absolute Gasteiger partial charge is 0.480 e. The Balaban J connectivity index is 1.66. The first-order valence-corrected chi connectivity index (χ1v) is 10.8. The zero-order valence-corrected chi connectivity index (χ0v) is 17.8. The van der Waals surface area contributed by atoms with Crippen LogP contribution in [0.25, 0.3) is 0 Å². The highest BCUT2D eigenvalue weighted by Gasteiger charge is 2.71. The van der Waals surface area contributed by atoms with Gasteiger partial charge in [0, 0.05) is 10.9 Å². The van der Waals surface area contributed by atoms with Crippen molar-refractivity contribution in [1.82, 2.24) is 0 Å². The smallest absolute Gasteiger partial charge is 0.319 e. The summed E-state index contributed by atoms with van der Waals surface area (Å²) < 4.78 is 0. The van der Waals surface area contributed by atoms with E-state index in [-0.39, 0.29) is 11.8 Å². The Morgan fingerprint density at radius 2 is 1.53 bits per heavy atom. The van der Waals surface area contributed by atoms with Crippen LogP contribution in [0.3, 0.4) is 0 Å². The molecule has 1 fully saturated rings. The Bertz CT molecular complexity index is 1320. The van der Waals surface area contributed by atoms with Crippen LogP contribution in [-0.4, -0.2) is 22.9 Å². The molecule has 1 N–H and O–H groups in total. The quantitative estimate of drug-likeness (QED) is 0.600. The lowest BCUT2D eigenvalue weighted by atomic mass is 9.47. The SMILES string of the molecule is Cc1ccc(N2C(=O)[C@@H]3C4c5ccccc5C(C(=O)O)(c5ccccc54)[C@H]3C2=O)cc1Cl. The van der Waals surface area contributed by atoms with E-state index in [4.69, 9.17) is 11.6 Å². The summed E-state index contributed by atoms with van der Waals surface area (Å²) in [6.45, 7) is 1.84. The summed E-state index contributed by atoms with van der Waals surface area (Å²) in [5.74, 6) is -4.17. The molecule has 0 radical (unpaired) electrons. The highest BCUT2D eigenvalue weighted by molar-refractivity contribution is 6.32. The maximum absolute atomic E-state index is 13.9. The van der Waals surface area contributed by atoms with Gasteiger partial charge in [0.1, 0.15) is 5.41 Å². The van der Waals surface area contributed by atoms with Gasteiger partial charge in [-0.15, -0.1) is 0 Å². The number of anilines is 1. The standard InChI is InChI=1S/C26H18ClNO4/c1-13-10-11-14(12-19(13)27)28-23(29)21-20-15-6-2-4-8-17(15)26(25(31)32,22(21)24(28)30)18-9-5-3-7-16(18)20/h2-12,20-22H,1H3,(H,31,32)/t20?,21-,22-,26?/m1/s1. The molecule has 0 unspecified atom stereocenters. The molecule has 0 spiro atoms. The van der Waals surface area contributed by atoms with Gasteiger partial charge in [-0.25, -0.2) is 4.90 Å². The zero-order chi connectivity index (χ0) is 22.4. The Labute approximate surface area is 189 Å². The lowest BCUT2D eigenvalue weighted by molar-refractivity contribution is -0.149. The number of nitrogens with zero attached hydrogens (tertiary/aromatic N) is 1. The first-order chi connectivity index (χ1) is 15.4. The summed E-state index contributed by atoms with van der Waals surface area (Å²) >= 11 is 6.29. The molecule has 1 heterocycles. The zero-order valence-electron chi connectivity index (χ0n) is 17.1. The second kappa shape index (κ2) is 6.30. The molecular formula is C26H18ClNO4. The molecule has 4 aliphatic rings. The Morgan fingerprint density at radius 1 is 0.938 bits per heavy atom. The van der Waals surface area contributed by atoms with Crippen molar-refractivity contribution in [3.63, 3.8) is 0 Å². The fourth-order valence-corrected chi connectivity index (χ4v) is 6.29. The van der Waals surface area contributed by atoms with Gasteiger partial charge in [0.2, 0.25) is 11.8 Å². The molecule has 6 heteroatoms. The van der Waals surface area contributed by atoms with Gasteiger partial charge >= 0.3 is 5.97 Å². The second-order valence-corrected chi connectivity index (χ2v) is 9.12. The van der Waals surface area contributed by atoms with Crippen molar-refractivity contribution in [1.29, 1.82) is 0 Å². The molecule has 1 saturated heterocycles. The average molecular weight is 444 g/mol. The van der Waals surface area contributed by atoms with Gasteiger partial charge in [0.15, 0.2) is 0 Å². The molecule has 2 bridgehead atoms. The van der Waals surface area contributed by atoms with E-state index in [0.29, 0.717) is 21.8 Å². The molecule has 1 aliphatic heterocycles. The Hall–Kier alpha value is -3.44. The second-order valence-electron chi connectivity index (χ2n) is 8.71. The highest BCUT2D eigenvalue weighted by atomic mass is 35.5. The number of carbonyl (C=O) groups is 3. The fourth-order valence-electron chi connectivity index (χ4n) is 6.11. The number of carbonyl (C=O) groups excluding carboxylic acids is 2. The van der Waals surface area contributed by atoms with Crippen LogP contribution in [0, 0.1) is 18.8 Å². The summed E-state index contributed by atoms with van der Waals surface area (Å²) in [5.41, 5.74) is 2.39. The van der Waals surface area contributed by atoms with Crippen LogP contribution >= 0.6 is 11.6 Å². The maximum atomic E-state index is 13.9. The van der Waals surface area contributed by atoms with Crippen LogP contribution in [0.5, 0.6) is 0 Å². The lowest BCUT2D eigenvalue weighted by Gasteiger charge is -2.51. The number of rotatable bonds is 2. The molecule has 32 heavy (non-hydrogen) atoms. The Kier molecular flexibility index (Phi) is 3.79. The summed E-state index contributed by atoms with van der Waals surface area (Å²) in [6.07, 6.45) is 0. The number of hydrogen-bond donors (Lipinski definition) is 1. The predicted octanol–water partition coefficient (Wildman–Crippen LogP) is 4.28. The van der Waals surface area contributed by atoms with Crippen molar-refractivity contribution in [3.05, 3.63) is 99.6 Å². The molecule has 3 aliphatic carbocycles. The number of carboxylic acids is 1. The van der Waals surface area contributed by atoms with E-state index in [1.54, 1.807) is 42.5 Å². The van der Waals surface area contributed by atoms with Gasteiger partial charge in [-0.2, -0.15) is 0 Å². The van der Waals surface area contributed by atoms with Gasteiger partial charge in [-0.1, -0.05) is 66.2 Å². The molecule has 5 nitrogen and oxygen atoms in total. The number of imide groups is 1. The van der Waals surface area contributed by atoms with Crippen molar-refractivity contribution in [3.8, 4) is 0 Å². The molecule has 158 valence electrons. The number of halogens is 1. The Morgan fingerprint density at radius 3 is 2.09 bits per heavy atom. The van der Waals surface area contributed by atoms with Crippen LogP contribution in [0.2, 0.25) is 5.02 Å². The third-order valence-electron chi connectivity index (χ3n) is 7.37. The van der Waals surface area contributed by atoms with E-state index in [1.807, 2.05) is 31.2 Å². The van der Waals surface area contributed by atoms with E-state index >= 15 is 0 Å². The van der Waals surface area contributed by atoms with Gasteiger partial charge in [-0.05, 0) is 46.9 Å². The van der Waals surface area contributed by atoms with Crippen molar-refractivity contribution in [2.45, 2.75) is 18.3 Å². The minimum Gasteiger partial charge on any atom is -0.480 e. The molecule has 0 saturated carbocycles. The molecule has 3 aromatic carbocycles. The van der Waals surface area contributed by atoms with E-state index in [0.717, 1.165) is 21.6 Å². The number of aryl methyl sites for hydroxylation is 1. The molecular weight excluding hydrogens is 426 g/mol. The summed E-state index contributed by atoms with van der Waals surface area (Å²) in [5, 5.41) is 11.1. The first kappa shape index (κ1) is 19.3. The van der Waals surface area contributed by atoms with E-state index in [1.165, 1.54) is 0 Å². The van der Waals surface area contributed by atoms with Crippen LogP contribution in [0.1, 0.15) is 33.7 Å². The molecule has 0 aromatic heterocycles. The summed E-state index contributed by atoms with van der Waals surface area (Å²) in [4.78, 5) is 41.9. The lowest BCUT2D eigenvalue weighted by Crippen LogP contribution is -2.57. The van der Waals surface area contributed by atoms with E-state index in [2.05, 4.69) is 0 Å². The van der Waals surface area contributed by atoms with E-state index < -0.39 is 29.1 Å². The van der Waals surface area contributed by atoms with Gasteiger partial charge < -0.3 is 5.11 Å². The third kappa shape index (κ3) is 2.07. The van der Waals surface area contributed by atoms with Crippen LogP contribution in [-0.2, 0) is 19.8 Å². The van der Waals surface area contributed by atoms with Crippen molar-refractivity contribution < 1.29 is 19.5 Å². The molecule has 2 amide bonds. The van der Waals surface area contributed by atoms with Crippen molar-refractivity contribution >= 4 is 35.1 Å². The number of amides is 2. The van der Waals surface area contributed by atoms with Crippen LogP contribution in [0.15, 0.2) is 66.7 Å². The summed E-state index contributed by atoms with van der Waals surface area (Å²) in [7, 11) is 0. The van der Waals surface area contributed by atoms with Gasteiger partial charge in [0.05, 0.1) is 17.5 Å². The van der Waals surface area contributed by atoms with Crippen LogP contribution in [0.4, 0.5) is 5.69 Å². The van der Waals surface area contributed by atoms with Crippen LogP contribution < -0.4 is 4.90 Å². The number of benzene rings is 3. The minimum absolute atomic E-state index is 0.373. The monoisotopic (exact) mass is 443 g/mol. The first-order valence-electron chi connectivity index (χ1n) is 10.4. The normalized spacial score (nSPS) is 27.2. The van der Waals surface area contributed by atoms with Crippen molar-refractivity contribution in [2.24, 2.45) is 11.8 Å². The number of hydrogen-bond acceptors (Lipinski definition) is 3. The van der Waals surface area contributed by atoms with Gasteiger partial charge in [0.25, 0.3) is 0 Å².